The van der Waals surface area contributed by atoms with E-state index >= 15 is 0 Å². The maximum atomic E-state index is 12.7. The Morgan fingerprint density at radius 2 is 1.94 bits per heavy atom. The molecule has 0 unspecified atom stereocenters. The van der Waals surface area contributed by atoms with E-state index < -0.39 is 10.2 Å². The van der Waals surface area contributed by atoms with Gasteiger partial charge in [0.15, 0.2) is 0 Å². The van der Waals surface area contributed by atoms with Crippen LogP contribution in [0, 0.1) is 5.92 Å². The van der Waals surface area contributed by atoms with Crippen molar-refractivity contribution < 1.29 is 8.42 Å². The molecule has 0 aromatic rings. The third kappa shape index (κ3) is 2.87. The molecule has 2 aliphatic heterocycles. The third-order valence-corrected chi connectivity index (χ3v) is 6.15. The molecule has 2 fully saturated rings. The Balaban J connectivity index is 2.13. The summed E-state index contributed by atoms with van der Waals surface area (Å²) in [6.45, 7) is 4.52. The summed E-state index contributed by atoms with van der Waals surface area (Å²) >= 11 is 0. The first kappa shape index (κ1) is 14.2. The molecule has 0 bridgehead atoms. The Labute approximate surface area is 110 Å². The molecule has 2 rings (SSSR count). The zero-order chi connectivity index (χ0) is 13.2. The highest BCUT2D eigenvalue weighted by Crippen LogP contribution is 2.25. The molecule has 0 aromatic heterocycles. The smallest absolute Gasteiger partial charge is 0.282 e. The molecule has 0 amide bonds. The van der Waals surface area contributed by atoms with E-state index in [0.717, 1.165) is 32.1 Å². The molecule has 0 saturated carbocycles. The van der Waals surface area contributed by atoms with E-state index in [1.54, 1.807) is 8.61 Å². The van der Waals surface area contributed by atoms with Crippen LogP contribution in [0.2, 0.25) is 0 Å². The van der Waals surface area contributed by atoms with Crippen molar-refractivity contribution >= 4 is 10.2 Å². The van der Waals surface area contributed by atoms with Crippen molar-refractivity contribution in [2.45, 2.75) is 45.1 Å². The first-order valence-electron chi connectivity index (χ1n) is 7.02. The molecule has 0 aromatic carbocycles. The van der Waals surface area contributed by atoms with Crippen molar-refractivity contribution in [2.75, 3.05) is 26.2 Å². The Bertz CT molecular complexity index is 372. The molecule has 2 saturated heterocycles. The van der Waals surface area contributed by atoms with Crippen LogP contribution in [0.25, 0.3) is 0 Å². The van der Waals surface area contributed by atoms with Gasteiger partial charge >= 0.3 is 0 Å². The van der Waals surface area contributed by atoms with Gasteiger partial charge in [-0.2, -0.15) is 17.0 Å². The van der Waals surface area contributed by atoms with Gasteiger partial charge in [0.1, 0.15) is 0 Å². The Kier molecular flexibility index (Phi) is 4.64. The molecule has 18 heavy (non-hydrogen) atoms. The van der Waals surface area contributed by atoms with Crippen LogP contribution in [0.5, 0.6) is 0 Å². The quantitative estimate of drug-likeness (QED) is 0.827. The van der Waals surface area contributed by atoms with Crippen LogP contribution < -0.4 is 5.73 Å². The molecule has 2 N–H and O–H groups in total. The van der Waals surface area contributed by atoms with Crippen LogP contribution in [0.3, 0.4) is 0 Å². The summed E-state index contributed by atoms with van der Waals surface area (Å²) in [5, 5.41) is 0. The number of piperidine rings is 2. The van der Waals surface area contributed by atoms with Crippen molar-refractivity contribution in [1.29, 1.82) is 0 Å². The largest absolute Gasteiger partial charge is 0.329 e. The van der Waals surface area contributed by atoms with Gasteiger partial charge in [0, 0.05) is 32.2 Å². The van der Waals surface area contributed by atoms with Gasteiger partial charge in [-0.15, -0.1) is 0 Å². The van der Waals surface area contributed by atoms with E-state index in [1.165, 1.54) is 0 Å². The number of hydrogen-bond acceptors (Lipinski definition) is 3. The standard InChI is InChI=1S/C12H25N3O2S/c1-11-5-4-7-14(10-11)18(16,17)15-8-3-2-6-12(15)9-13/h11-12H,2-10,13H2,1H3/t11-,12-/m1/s1. The van der Waals surface area contributed by atoms with E-state index in [2.05, 4.69) is 6.92 Å². The zero-order valence-electron chi connectivity index (χ0n) is 11.2. The summed E-state index contributed by atoms with van der Waals surface area (Å²) < 4.78 is 28.6. The highest BCUT2D eigenvalue weighted by molar-refractivity contribution is 7.86. The van der Waals surface area contributed by atoms with E-state index in [0.29, 0.717) is 32.1 Å². The maximum absolute atomic E-state index is 12.7. The summed E-state index contributed by atoms with van der Waals surface area (Å²) in [7, 11) is -3.29. The van der Waals surface area contributed by atoms with Gasteiger partial charge in [-0.3, -0.25) is 0 Å². The minimum atomic E-state index is -3.29. The predicted octanol–water partition coefficient (Wildman–Crippen LogP) is 0.776. The van der Waals surface area contributed by atoms with Crippen molar-refractivity contribution in [1.82, 2.24) is 8.61 Å². The van der Waals surface area contributed by atoms with Crippen LogP contribution in [0.1, 0.15) is 39.0 Å². The van der Waals surface area contributed by atoms with Crippen molar-refractivity contribution in [3.05, 3.63) is 0 Å². The molecule has 0 radical (unpaired) electrons. The van der Waals surface area contributed by atoms with Gasteiger partial charge in [-0.05, 0) is 31.6 Å². The fraction of sp³-hybridized carbons (Fsp3) is 1.00. The van der Waals surface area contributed by atoms with E-state index in [-0.39, 0.29) is 6.04 Å². The van der Waals surface area contributed by atoms with E-state index in [4.69, 9.17) is 5.73 Å². The van der Waals surface area contributed by atoms with Gasteiger partial charge in [0.25, 0.3) is 10.2 Å². The van der Waals surface area contributed by atoms with Crippen molar-refractivity contribution in [3.63, 3.8) is 0 Å². The topological polar surface area (TPSA) is 66.6 Å². The average Bonchev–Trinajstić information content (AvgIpc) is 2.38. The van der Waals surface area contributed by atoms with Crippen LogP contribution in [-0.4, -0.2) is 49.2 Å². The molecule has 2 aliphatic rings. The van der Waals surface area contributed by atoms with Crippen molar-refractivity contribution in [2.24, 2.45) is 11.7 Å². The molecule has 106 valence electrons. The normalized spacial score (nSPS) is 32.6. The van der Waals surface area contributed by atoms with Gasteiger partial charge in [-0.25, -0.2) is 0 Å². The zero-order valence-corrected chi connectivity index (χ0v) is 12.0. The molecular formula is C12H25N3O2S. The second kappa shape index (κ2) is 5.86. The minimum Gasteiger partial charge on any atom is -0.329 e. The van der Waals surface area contributed by atoms with E-state index in [9.17, 15) is 8.42 Å². The van der Waals surface area contributed by atoms with Crippen molar-refractivity contribution in [3.8, 4) is 0 Å². The maximum Gasteiger partial charge on any atom is 0.282 e. The van der Waals surface area contributed by atoms with Gasteiger partial charge < -0.3 is 5.73 Å². The monoisotopic (exact) mass is 275 g/mol. The first-order chi connectivity index (χ1) is 8.55. The lowest BCUT2D eigenvalue weighted by Crippen LogP contribution is -2.54. The summed E-state index contributed by atoms with van der Waals surface area (Å²) in [6.07, 6.45) is 5.05. The number of rotatable bonds is 3. The summed E-state index contributed by atoms with van der Waals surface area (Å²) in [6, 6.07) is 0.000910. The summed E-state index contributed by atoms with van der Waals surface area (Å²) in [5.74, 6) is 0.467. The molecule has 2 atom stereocenters. The second-order valence-electron chi connectivity index (χ2n) is 5.61. The lowest BCUT2D eigenvalue weighted by molar-refractivity contribution is 0.213. The predicted molar refractivity (Wildman–Crippen MR) is 72.3 cm³/mol. The molecule has 2 heterocycles. The Morgan fingerprint density at radius 3 is 2.61 bits per heavy atom. The lowest BCUT2D eigenvalue weighted by atomic mass is 10.0. The summed E-state index contributed by atoms with van der Waals surface area (Å²) in [4.78, 5) is 0. The molecule has 5 nitrogen and oxygen atoms in total. The van der Waals surface area contributed by atoms with E-state index in [1.807, 2.05) is 0 Å². The minimum absolute atomic E-state index is 0.000910. The fourth-order valence-electron chi connectivity index (χ4n) is 3.02. The van der Waals surface area contributed by atoms with Gasteiger partial charge in [0.2, 0.25) is 0 Å². The Morgan fingerprint density at radius 1 is 1.17 bits per heavy atom. The number of nitrogens with zero attached hydrogens (tertiary/aromatic N) is 2. The third-order valence-electron chi connectivity index (χ3n) is 4.09. The lowest BCUT2D eigenvalue weighted by Gasteiger charge is -2.39. The van der Waals surface area contributed by atoms with Gasteiger partial charge in [-0.1, -0.05) is 13.3 Å². The average molecular weight is 275 g/mol. The van der Waals surface area contributed by atoms with Crippen LogP contribution in [0.15, 0.2) is 0 Å². The highest BCUT2D eigenvalue weighted by atomic mass is 32.2. The summed E-state index contributed by atoms with van der Waals surface area (Å²) in [5.41, 5.74) is 5.72. The first-order valence-corrected chi connectivity index (χ1v) is 8.42. The Hall–Kier alpha value is -0.170. The SMILES string of the molecule is C[C@@H]1CCCN(S(=O)(=O)N2CCCC[C@@H]2CN)C1. The van der Waals surface area contributed by atoms with Crippen LogP contribution in [0.4, 0.5) is 0 Å². The highest BCUT2D eigenvalue weighted by Gasteiger charge is 2.37. The molecule has 6 heteroatoms. The number of hydrogen-bond donors (Lipinski definition) is 1. The van der Waals surface area contributed by atoms with Crippen LogP contribution >= 0.6 is 0 Å². The molecule has 0 spiro atoms. The molecule has 0 aliphatic carbocycles. The van der Waals surface area contributed by atoms with Crippen LogP contribution in [-0.2, 0) is 10.2 Å². The number of nitrogens with two attached hydrogens (primary N) is 1. The van der Waals surface area contributed by atoms with Gasteiger partial charge in [0.05, 0.1) is 0 Å². The molecular weight excluding hydrogens is 250 g/mol. The fourth-order valence-corrected chi connectivity index (χ4v) is 5.04. The second-order valence-corrected chi connectivity index (χ2v) is 7.49.